The van der Waals surface area contributed by atoms with Gasteiger partial charge in [-0.05, 0) is 18.2 Å². The number of pyridine rings is 1. The summed E-state index contributed by atoms with van der Waals surface area (Å²) in [5, 5.41) is 12.4. The van der Waals surface area contributed by atoms with Crippen molar-refractivity contribution in [3.63, 3.8) is 0 Å². The molecule has 0 aliphatic carbocycles. The third kappa shape index (κ3) is 2.46. The summed E-state index contributed by atoms with van der Waals surface area (Å²) in [4.78, 5) is 15.4. The van der Waals surface area contributed by atoms with Gasteiger partial charge in [0.25, 0.3) is 5.69 Å². The number of nitro benzene ring substituents is 1. The molecule has 0 atom stereocenters. The van der Waals surface area contributed by atoms with Crippen LogP contribution in [-0.4, -0.2) is 23.6 Å². The van der Waals surface area contributed by atoms with Crippen molar-refractivity contribution in [1.29, 1.82) is 0 Å². The van der Waals surface area contributed by atoms with Gasteiger partial charge < -0.3 is 9.47 Å². The summed E-state index contributed by atoms with van der Waals surface area (Å²) in [6, 6.07) is 10.1. The quantitative estimate of drug-likeness (QED) is 0.395. The maximum absolute atomic E-state index is 11.5. The van der Waals surface area contributed by atoms with Gasteiger partial charge in [0.1, 0.15) is 22.2 Å². The molecule has 0 saturated carbocycles. The van der Waals surface area contributed by atoms with Crippen molar-refractivity contribution in [2.45, 2.75) is 6.42 Å². The maximum Gasteiger partial charge on any atom is 0.277 e. The number of hydrogen-bond donors (Lipinski definition) is 0. The second-order valence-corrected chi connectivity index (χ2v) is 6.04. The summed E-state index contributed by atoms with van der Waals surface area (Å²) >= 11 is 6.21. The molecule has 6 nitrogen and oxygen atoms in total. The highest BCUT2D eigenvalue weighted by atomic mass is 35.5. The third-order valence-corrected chi connectivity index (χ3v) is 4.47. The normalized spacial score (nSPS) is 12.7. The molecule has 0 radical (unpaired) electrons. The lowest BCUT2D eigenvalue weighted by atomic mass is 9.97. The van der Waals surface area contributed by atoms with Crippen LogP contribution in [0.2, 0.25) is 5.15 Å². The lowest BCUT2D eigenvalue weighted by Crippen LogP contribution is -1.97. The predicted octanol–water partition coefficient (Wildman–Crippen LogP) is 4.41. The Morgan fingerprint density at radius 1 is 1.28 bits per heavy atom. The highest BCUT2D eigenvalue weighted by molar-refractivity contribution is 6.30. The molecule has 0 amide bonds. The van der Waals surface area contributed by atoms with E-state index in [0.29, 0.717) is 40.1 Å². The molecule has 0 bridgehead atoms. The van der Waals surface area contributed by atoms with Crippen molar-refractivity contribution in [2.75, 3.05) is 13.7 Å². The van der Waals surface area contributed by atoms with Gasteiger partial charge in [-0.1, -0.05) is 23.7 Å². The fraction of sp³-hybridized carbons (Fsp3) is 0.167. The number of methoxy groups -OCH3 is 1. The zero-order valence-electron chi connectivity index (χ0n) is 13.3. The standard InChI is InChI=1S/C18H13ClN2O4/c1-24-14-8-10-6-7-25-18(10)16-12(9-15(19)20-17(14)16)11-4-2-3-5-13(11)21(22)23/h2-5,8-9H,6-7H2,1H3. The van der Waals surface area contributed by atoms with Crippen LogP contribution in [-0.2, 0) is 6.42 Å². The number of ether oxygens (including phenoxy) is 2. The van der Waals surface area contributed by atoms with Gasteiger partial charge in [-0.15, -0.1) is 0 Å². The van der Waals surface area contributed by atoms with Crippen LogP contribution in [0.3, 0.4) is 0 Å². The van der Waals surface area contributed by atoms with E-state index < -0.39 is 4.92 Å². The number of halogens is 1. The van der Waals surface area contributed by atoms with Gasteiger partial charge in [0.15, 0.2) is 0 Å². The summed E-state index contributed by atoms with van der Waals surface area (Å²) in [5.41, 5.74) is 2.60. The van der Waals surface area contributed by atoms with Crippen LogP contribution in [0.4, 0.5) is 5.69 Å². The van der Waals surface area contributed by atoms with Crippen molar-refractivity contribution >= 4 is 28.2 Å². The van der Waals surface area contributed by atoms with Gasteiger partial charge in [-0.3, -0.25) is 10.1 Å². The molecular formula is C18H13ClN2O4. The molecule has 0 saturated heterocycles. The number of benzene rings is 2. The van der Waals surface area contributed by atoms with E-state index in [2.05, 4.69) is 4.98 Å². The zero-order chi connectivity index (χ0) is 17.6. The molecule has 7 heteroatoms. The Hall–Kier alpha value is -2.86. The highest BCUT2D eigenvalue weighted by Crippen LogP contribution is 2.46. The zero-order valence-corrected chi connectivity index (χ0v) is 14.0. The monoisotopic (exact) mass is 356 g/mol. The number of fused-ring (bicyclic) bond motifs is 3. The smallest absolute Gasteiger partial charge is 0.277 e. The molecule has 1 aliphatic heterocycles. The number of para-hydroxylation sites is 1. The number of nitrogens with zero attached hydrogens (tertiary/aromatic N) is 2. The molecule has 25 heavy (non-hydrogen) atoms. The molecule has 0 fully saturated rings. The maximum atomic E-state index is 11.5. The summed E-state index contributed by atoms with van der Waals surface area (Å²) in [7, 11) is 1.56. The Morgan fingerprint density at radius 2 is 2.08 bits per heavy atom. The number of nitro groups is 1. The average Bonchev–Trinajstić information content (AvgIpc) is 3.08. The lowest BCUT2D eigenvalue weighted by Gasteiger charge is -2.14. The molecule has 2 aromatic carbocycles. The molecule has 2 heterocycles. The van der Waals surface area contributed by atoms with E-state index >= 15 is 0 Å². The molecule has 1 aliphatic rings. The minimum absolute atomic E-state index is 0.000587. The molecule has 126 valence electrons. The first-order valence-electron chi connectivity index (χ1n) is 7.67. The van der Waals surface area contributed by atoms with E-state index in [4.69, 9.17) is 21.1 Å². The first-order chi connectivity index (χ1) is 12.1. The second kappa shape index (κ2) is 5.89. The summed E-state index contributed by atoms with van der Waals surface area (Å²) < 4.78 is 11.3. The number of rotatable bonds is 3. The van der Waals surface area contributed by atoms with Crippen LogP contribution in [0.5, 0.6) is 11.5 Å². The fourth-order valence-electron chi connectivity index (χ4n) is 3.22. The van der Waals surface area contributed by atoms with Gasteiger partial charge in [-0.25, -0.2) is 4.98 Å². The Morgan fingerprint density at radius 3 is 2.84 bits per heavy atom. The van der Waals surface area contributed by atoms with E-state index in [9.17, 15) is 10.1 Å². The van der Waals surface area contributed by atoms with Crippen LogP contribution in [0, 0.1) is 10.1 Å². The average molecular weight is 357 g/mol. The van der Waals surface area contributed by atoms with E-state index in [0.717, 1.165) is 12.0 Å². The van der Waals surface area contributed by atoms with Crippen LogP contribution in [0.1, 0.15) is 5.56 Å². The first-order valence-corrected chi connectivity index (χ1v) is 8.04. The number of hydrogen-bond acceptors (Lipinski definition) is 5. The first kappa shape index (κ1) is 15.7. The van der Waals surface area contributed by atoms with Crippen molar-refractivity contribution in [3.8, 4) is 22.6 Å². The molecular weight excluding hydrogens is 344 g/mol. The second-order valence-electron chi connectivity index (χ2n) is 5.66. The largest absolute Gasteiger partial charge is 0.494 e. The highest BCUT2D eigenvalue weighted by Gasteiger charge is 2.26. The van der Waals surface area contributed by atoms with Crippen LogP contribution in [0.15, 0.2) is 36.4 Å². The van der Waals surface area contributed by atoms with Crippen molar-refractivity contribution < 1.29 is 14.4 Å². The molecule has 3 aromatic rings. The van der Waals surface area contributed by atoms with Gasteiger partial charge in [0.2, 0.25) is 0 Å². The third-order valence-electron chi connectivity index (χ3n) is 4.27. The molecule has 0 N–H and O–H groups in total. The van der Waals surface area contributed by atoms with Crippen LogP contribution in [0.25, 0.3) is 22.0 Å². The Labute approximate surface area is 148 Å². The summed E-state index contributed by atoms with van der Waals surface area (Å²) in [6.45, 7) is 0.552. The fourth-order valence-corrected chi connectivity index (χ4v) is 3.41. The topological polar surface area (TPSA) is 74.5 Å². The summed E-state index contributed by atoms with van der Waals surface area (Å²) in [5.74, 6) is 1.26. The molecule has 1 aromatic heterocycles. The van der Waals surface area contributed by atoms with Crippen molar-refractivity contribution in [2.24, 2.45) is 0 Å². The van der Waals surface area contributed by atoms with Gasteiger partial charge >= 0.3 is 0 Å². The lowest BCUT2D eigenvalue weighted by molar-refractivity contribution is -0.384. The van der Waals surface area contributed by atoms with E-state index in [1.807, 2.05) is 6.07 Å². The Bertz CT molecular complexity index is 1020. The van der Waals surface area contributed by atoms with Gasteiger partial charge in [-0.2, -0.15) is 0 Å². The minimum atomic E-state index is -0.406. The van der Waals surface area contributed by atoms with Crippen molar-refractivity contribution in [3.05, 3.63) is 57.2 Å². The minimum Gasteiger partial charge on any atom is -0.494 e. The van der Waals surface area contributed by atoms with E-state index in [1.54, 1.807) is 31.4 Å². The van der Waals surface area contributed by atoms with Gasteiger partial charge in [0, 0.05) is 23.6 Å². The van der Waals surface area contributed by atoms with Crippen molar-refractivity contribution in [1.82, 2.24) is 4.98 Å². The Balaban J connectivity index is 2.16. The summed E-state index contributed by atoms with van der Waals surface area (Å²) in [6.07, 6.45) is 0.751. The van der Waals surface area contributed by atoms with E-state index in [-0.39, 0.29) is 10.8 Å². The molecule has 0 spiro atoms. The molecule has 0 unspecified atom stereocenters. The van der Waals surface area contributed by atoms with Crippen LogP contribution >= 0.6 is 11.6 Å². The van der Waals surface area contributed by atoms with Crippen LogP contribution < -0.4 is 9.47 Å². The number of aromatic nitrogens is 1. The Kier molecular flexibility index (Phi) is 3.69. The van der Waals surface area contributed by atoms with Gasteiger partial charge in [0.05, 0.1) is 29.6 Å². The molecule has 4 rings (SSSR count). The predicted molar refractivity (Wildman–Crippen MR) is 94.6 cm³/mol. The SMILES string of the molecule is COc1cc2c(c3c(-c4ccccc4[N+](=O)[O-])cc(Cl)nc13)OCC2. The van der Waals surface area contributed by atoms with E-state index in [1.165, 1.54) is 6.07 Å².